The number of benzene rings is 1. The van der Waals surface area contributed by atoms with E-state index in [1.165, 1.54) is 0 Å². The van der Waals surface area contributed by atoms with Gasteiger partial charge in [-0.3, -0.25) is 14.5 Å². The minimum atomic E-state index is -0.00561. The molecule has 3 rings (SSSR count). The molecule has 2 saturated heterocycles. The van der Waals surface area contributed by atoms with E-state index in [4.69, 9.17) is 16.3 Å². The number of morpholine rings is 1. The summed E-state index contributed by atoms with van der Waals surface area (Å²) in [6.07, 6.45) is 1.53. The summed E-state index contributed by atoms with van der Waals surface area (Å²) in [6.45, 7) is 5.08. The molecule has 2 aliphatic rings. The van der Waals surface area contributed by atoms with Crippen LogP contribution in [-0.4, -0.2) is 78.4 Å². The number of ether oxygens (including phenoxy) is 1. The SMILES string of the molecule is O=C(CCC(=O)N1CCCSCC1CN1CCOCC1)c1ccc(Cl)cc1. The molecular weight excluding hydrogens is 384 g/mol. The lowest BCUT2D eigenvalue weighted by Crippen LogP contribution is -2.50. The average Bonchev–Trinajstić information content (AvgIpc) is 2.93. The van der Waals surface area contributed by atoms with Crippen molar-refractivity contribution in [3.05, 3.63) is 34.9 Å². The molecule has 1 unspecified atom stereocenters. The van der Waals surface area contributed by atoms with Crippen LogP contribution in [0.1, 0.15) is 29.6 Å². The van der Waals surface area contributed by atoms with Crippen molar-refractivity contribution < 1.29 is 14.3 Å². The van der Waals surface area contributed by atoms with Gasteiger partial charge in [0.05, 0.1) is 19.3 Å². The van der Waals surface area contributed by atoms with Gasteiger partial charge in [-0.15, -0.1) is 0 Å². The van der Waals surface area contributed by atoms with E-state index < -0.39 is 0 Å². The van der Waals surface area contributed by atoms with E-state index in [1.807, 2.05) is 16.7 Å². The van der Waals surface area contributed by atoms with E-state index in [1.54, 1.807) is 24.3 Å². The molecule has 0 aliphatic carbocycles. The Balaban J connectivity index is 1.56. The molecule has 0 saturated carbocycles. The summed E-state index contributed by atoms with van der Waals surface area (Å²) in [5.74, 6) is 2.15. The maximum absolute atomic E-state index is 12.9. The van der Waals surface area contributed by atoms with Gasteiger partial charge in [0.15, 0.2) is 5.78 Å². The first-order valence-electron chi connectivity index (χ1n) is 9.59. The number of rotatable bonds is 6. The molecule has 0 N–H and O–H groups in total. The summed E-state index contributed by atoms with van der Waals surface area (Å²) < 4.78 is 5.43. The summed E-state index contributed by atoms with van der Waals surface area (Å²) in [5, 5.41) is 0.607. The molecule has 5 nitrogen and oxygen atoms in total. The fraction of sp³-hybridized carbons (Fsp3) is 0.600. The van der Waals surface area contributed by atoms with Gasteiger partial charge in [-0.05, 0) is 36.4 Å². The van der Waals surface area contributed by atoms with Crippen LogP contribution >= 0.6 is 23.4 Å². The van der Waals surface area contributed by atoms with Crippen LogP contribution in [0.15, 0.2) is 24.3 Å². The van der Waals surface area contributed by atoms with E-state index >= 15 is 0 Å². The summed E-state index contributed by atoms with van der Waals surface area (Å²) in [4.78, 5) is 29.7. The third-order valence-electron chi connectivity index (χ3n) is 5.06. The predicted octanol–water partition coefficient (Wildman–Crippen LogP) is 2.97. The molecule has 0 radical (unpaired) electrons. The second kappa shape index (κ2) is 10.5. The van der Waals surface area contributed by atoms with Crippen LogP contribution in [0.4, 0.5) is 0 Å². The molecule has 2 fully saturated rings. The second-order valence-corrected chi connectivity index (χ2v) is 8.60. The Hall–Kier alpha value is -1.08. The summed E-state index contributed by atoms with van der Waals surface area (Å²) in [5.41, 5.74) is 0.614. The Labute approximate surface area is 170 Å². The van der Waals surface area contributed by atoms with Crippen molar-refractivity contribution in [2.75, 3.05) is 50.9 Å². The number of hydrogen-bond acceptors (Lipinski definition) is 5. The standard InChI is InChI=1S/C20H27ClN2O3S/c21-17-4-2-16(3-5-17)19(24)6-7-20(25)23-8-1-13-27-15-18(23)14-22-9-11-26-12-10-22/h2-5,18H,1,6-15H2. The predicted molar refractivity (Wildman–Crippen MR) is 110 cm³/mol. The van der Waals surface area contributed by atoms with E-state index in [0.29, 0.717) is 10.6 Å². The molecular formula is C20H27ClN2O3S. The van der Waals surface area contributed by atoms with E-state index in [0.717, 1.165) is 57.3 Å². The van der Waals surface area contributed by atoms with Gasteiger partial charge in [0.25, 0.3) is 0 Å². The smallest absolute Gasteiger partial charge is 0.223 e. The zero-order chi connectivity index (χ0) is 19.1. The van der Waals surface area contributed by atoms with Crippen LogP contribution < -0.4 is 0 Å². The molecule has 27 heavy (non-hydrogen) atoms. The summed E-state index contributed by atoms with van der Waals surface area (Å²) >= 11 is 7.80. The zero-order valence-corrected chi connectivity index (χ0v) is 17.1. The Morgan fingerprint density at radius 2 is 1.85 bits per heavy atom. The second-order valence-electron chi connectivity index (χ2n) is 7.01. The first-order chi connectivity index (χ1) is 13.1. The number of halogens is 1. The van der Waals surface area contributed by atoms with Crippen molar-refractivity contribution in [3.63, 3.8) is 0 Å². The minimum Gasteiger partial charge on any atom is -0.379 e. The monoisotopic (exact) mass is 410 g/mol. The number of carbonyl (C=O) groups excluding carboxylic acids is 2. The summed E-state index contributed by atoms with van der Waals surface area (Å²) in [6, 6.07) is 7.08. The lowest BCUT2D eigenvalue weighted by molar-refractivity contribution is -0.133. The maximum Gasteiger partial charge on any atom is 0.223 e. The number of ketones is 1. The van der Waals surface area contributed by atoms with E-state index in [-0.39, 0.29) is 30.6 Å². The normalized spacial score (nSPS) is 21.7. The third-order valence-corrected chi connectivity index (χ3v) is 6.51. The number of hydrogen-bond donors (Lipinski definition) is 0. The number of thioether (sulfide) groups is 1. The molecule has 1 aromatic carbocycles. The van der Waals surface area contributed by atoms with Crippen molar-refractivity contribution in [3.8, 4) is 0 Å². The highest BCUT2D eigenvalue weighted by molar-refractivity contribution is 7.99. The van der Waals surface area contributed by atoms with Crippen LogP contribution in [-0.2, 0) is 9.53 Å². The molecule has 0 spiro atoms. The number of nitrogens with zero attached hydrogens (tertiary/aromatic N) is 2. The summed E-state index contributed by atoms with van der Waals surface area (Å²) in [7, 11) is 0. The molecule has 7 heteroatoms. The fourth-order valence-electron chi connectivity index (χ4n) is 3.53. The van der Waals surface area contributed by atoms with Crippen LogP contribution in [0, 0.1) is 0 Å². The topological polar surface area (TPSA) is 49.9 Å². The van der Waals surface area contributed by atoms with Crippen LogP contribution in [0.3, 0.4) is 0 Å². The quantitative estimate of drug-likeness (QED) is 0.675. The van der Waals surface area contributed by atoms with Gasteiger partial charge in [0.1, 0.15) is 0 Å². The first kappa shape index (κ1) is 20.6. The van der Waals surface area contributed by atoms with Crippen molar-refractivity contribution in [2.24, 2.45) is 0 Å². The molecule has 1 atom stereocenters. The first-order valence-corrected chi connectivity index (χ1v) is 11.1. The number of Topliss-reactive ketones (excluding diaryl/α,β-unsaturated/α-hetero) is 1. The maximum atomic E-state index is 12.9. The lowest BCUT2D eigenvalue weighted by atomic mass is 10.1. The van der Waals surface area contributed by atoms with E-state index in [2.05, 4.69) is 4.90 Å². The largest absolute Gasteiger partial charge is 0.379 e. The van der Waals surface area contributed by atoms with Gasteiger partial charge < -0.3 is 9.64 Å². The van der Waals surface area contributed by atoms with Crippen molar-refractivity contribution in [1.29, 1.82) is 0 Å². The number of carbonyl (C=O) groups is 2. The average molecular weight is 411 g/mol. The van der Waals surface area contributed by atoms with Crippen LogP contribution in [0.2, 0.25) is 5.02 Å². The van der Waals surface area contributed by atoms with E-state index in [9.17, 15) is 9.59 Å². The Morgan fingerprint density at radius 1 is 1.11 bits per heavy atom. The molecule has 1 amide bonds. The molecule has 2 aliphatic heterocycles. The Kier molecular flexibility index (Phi) is 8.00. The Bertz CT molecular complexity index is 635. The minimum absolute atomic E-state index is 0.00561. The Morgan fingerprint density at radius 3 is 2.59 bits per heavy atom. The van der Waals surface area contributed by atoms with Crippen molar-refractivity contribution in [2.45, 2.75) is 25.3 Å². The highest BCUT2D eigenvalue weighted by Crippen LogP contribution is 2.20. The molecule has 0 aromatic heterocycles. The highest BCUT2D eigenvalue weighted by atomic mass is 35.5. The highest BCUT2D eigenvalue weighted by Gasteiger charge is 2.28. The van der Waals surface area contributed by atoms with Crippen molar-refractivity contribution >= 4 is 35.1 Å². The number of amides is 1. The molecule has 0 bridgehead atoms. The van der Waals surface area contributed by atoms with Gasteiger partial charge in [0, 0.05) is 55.4 Å². The fourth-order valence-corrected chi connectivity index (χ4v) is 4.72. The molecule has 148 valence electrons. The van der Waals surface area contributed by atoms with Crippen LogP contribution in [0.5, 0.6) is 0 Å². The van der Waals surface area contributed by atoms with Crippen LogP contribution in [0.25, 0.3) is 0 Å². The molecule has 2 heterocycles. The van der Waals surface area contributed by atoms with Gasteiger partial charge in [-0.1, -0.05) is 11.6 Å². The lowest BCUT2D eigenvalue weighted by Gasteiger charge is -2.35. The van der Waals surface area contributed by atoms with Gasteiger partial charge in [-0.2, -0.15) is 11.8 Å². The third kappa shape index (κ3) is 6.21. The van der Waals surface area contributed by atoms with Gasteiger partial charge >= 0.3 is 0 Å². The zero-order valence-electron chi connectivity index (χ0n) is 15.6. The molecule has 1 aromatic rings. The van der Waals surface area contributed by atoms with Crippen molar-refractivity contribution in [1.82, 2.24) is 9.80 Å². The van der Waals surface area contributed by atoms with Gasteiger partial charge in [-0.25, -0.2) is 0 Å². The van der Waals surface area contributed by atoms with Gasteiger partial charge in [0.2, 0.25) is 5.91 Å².